The number of carbonyl (C=O) groups excluding carboxylic acids is 1. The molecule has 1 unspecified atom stereocenters. The second-order valence-electron chi connectivity index (χ2n) is 7.71. The van der Waals surface area contributed by atoms with E-state index in [2.05, 4.69) is 9.97 Å². The molecule has 0 radical (unpaired) electrons. The van der Waals surface area contributed by atoms with Crippen molar-refractivity contribution in [2.24, 2.45) is 0 Å². The van der Waals surface area contributed by atoms with Crippen LogP contribution in [0.4, 0.5) is 0 Å². The van der Waals surface area contributed by atoms with Gasteiger partial charge in [0.15, 0.2) is 0 Å². The Morgan fingerprint density at radius 3 is 2.72 bits per heavy atom. The third kappa shape index (κ3) is 4.25. The van der Waals surface area contributed by atoms with Crippen molar-refractivity contribution in [3.8, 4) is 0 Å². The number of rotatable bonds is 4. The molecule has 1 atom stereocenters. The maximum Gasteiger partial charge on any atom is 0.255 e. The predicted molar refractivity (Wildman–Crippen MR) is 108 cm³/mol. The topological polar surface area (TPSA) is 103 Å². The van der Waals surface area contributed by atoms with Gasteiger partial charge in [0.25, 0.3) is 5.56 Å². The normalized spacial score (nSPS) is 19.9. The first-order valence-electron chi connectivity index (χ1n) is 9.70. The maximum atomic E-state index is 12.6. The van der Waals surface area contributed by atoms with Crippen molar-refractivity contribution in [3.05, 3.63) is 63.3 Å². The SMILES string of the molecule is CS(=O)(=O)N1CCc2nc(C3CCN(C(=O)Cc4ccccc4)C3)[nH]c(=O)c2C1. The number of hydrogen-bond acceptors (Lipinski definition) is 5. The van der Waals surface area contributed by atoms with E-state index in [0.29, 0.717) is 49.6 Å². The number of fused-ring (bicyclic) bond motifs is 1. The van der Waals surface area contributed by atoms with E-state index in [0.717, 1.165) is 18.2 Å². The van der Waals surface area contributed by atoms with Gasteiger partial charge in [0.05, 0.1) is 23.9 Å². The number of nitrogens with one attached hydrogen (secondary N) is 1. The van der Waals surface area contributed by atoms with Crippen LogP contribution in [0.25, 0.3) is 0 Å². The average Bonchev–Trinajstić information content (AvgIpc) is 3.18. The van der Waals surface area contributed by atoms with Gasteiger partial charge in [-0.25, -0.2) is 13.4 Å². The molecule has 0 saturated carbocycles. The molecule has 1 aromatic heterocycles. The smallest absolute Gasteiger partial charge is 0.255 e. The summed E-state index contributed by atoms with van der Waals surface area (Å²) < 4.78 is 24.8. The number of likely N-dealkylation sites (tertiary alicyclic amines) is 1. The van der Waals surface area contributed by atoms with Gasteiger partial charge in [0, 0.05) is 38.5 Å². The fourth-order valence-corrected chi connectivity index (χ4v) is 4.77. The van der Waals surface area contributed by atoms with Gasteiger partial charge in [-0.1, -0.05) is 30.3 Å². The molecule has 154 valence electrons. The summed E-state index contributed by atoms with van der Waals surface area (Å²) in [6.07, 6.45) is 2.68. The van der Waals surface area contributed by atoms with Gasteiger partial charge in [-0.2, -0.15) is 4.31 Å². The van der Waals surface area contributed by atoms with Crippen LogP contribution in [0.3, 0.4) is 0 Å². The predicted octanol–water partition coefficient (Wildman–Crippen LogP) is 0.646. The fraction of sp³-hybridized carbons (Fsp3) is 0.450. The van der Waals surface area contributed by atoms with Gasteiger partial charge in [-0.15, -0.1) is 0 Å². The Morgan fingerprint density at radius 1 is 1.24 bits per heavy atom. The average molecular weight is 417 g/mol. The highest BCUT2D eigenvalue weighted by Crippen LogP contribution is 2.26. The summed E-state index contributed by atoms with van der Waals surface area (Å²) in [5.41, 5.74) is 1.78. The zero-order valence-electron chi connectivity index (χ0n) is 16.3. The van der Waals surface area contributed by atoms with Crippen LogP contribution in [0.1, 0.15) is 35.0 Å². The van der Waals surface area contributed by atoms with Crippen molar-refractivity contribution in [3.63, 3.8) is 0 Å². The summed E-state index contributed by atoms with van der Waals surface area (Å²) >= 11 is 0. The third-order valence-electron chi connectivity index (χ3n) is 5.65. The summed E-state index contributed by atoms with van der Waals surface area (Å²) in [7, 11) is -3.35. The molecule has 1 aromatic carbocycles. The largest absolute Gasteiger partial charge is 0.342 e. The van der Waals surface area contributed by atoms with Crippen LogP contribution in [0.2, 0.25) is 0 Å². The van der Waals surface area contributed by atoms with Crippen LogP contribution in [-0.2, 0) is 34.2 Å². The number of aromatic amines is 1. The molecule has 1 fully saturated rings. The summed E-state index contributed by atoms with van der Waals surface area (Å²) in [6, 6.07) is 9.64. The van der Waals surface area contributed by atoms with E-state index in [4.69, 9.17) is 0 Å². The Kier molecular flexibility index (Phi) is 5.26. The minimum Gasteiger partial charge on any atom is -0.342 e. The molecule has 2 aliphatic heterocycles. The molecule has 2 aromatic rings. The van der Waals surface area contributed by atoms with Crippen LogP contribution in [0, 0.1) is 0 Å². The number of sulfonamides is 1. The lowest BCUT2D eigenvalue weighted by Crippen LogP contribution is -2.39. The van der Waals surface area contributed by atoms with Crippen molar-refractivity contribution in [1.82, 2.24) is 19.2 Å². The summed E-state index contributed by atoms with van der Waals surface area (Å²) in [6.45, 7) is 1.55. The molecular formula is C20H24N4O4S. The van der Waals surface area contributed by atoms with Gasteiger partial charge >= 0.3 is 0 Å². The number of H-pyrrole nitrogens is 1. The lowest BCUT2D eigenvalue weighted by Gasteiger charge is -2.26. The molecule has 0 spiro atoms. The molecule has 3 heterocycles. The molecule has 1 N–H and O–H groups in total. The van der Waals surface area contributed by atoms with Crippen LogP contribution >= 0.6 is 0 Å². The third-order valence-corrected chi connectivity index (χ3v) is 6.90. The molecule has 0 aliphatic carbocycles. The highest BCUT2D eigenvalue weighted by Gasteiger charge is 2.31. The van der Waals surface area contributed by atoms with Crippen LogP contribution in [-0.4, -0.2) is 59.4 Å². The monoisotopic (exact) mass is 416 g/mol. The van der Waals surface area contributed by atoms with E-state index >= 15 is 0 Å². The first-order valence-corrected chi connectivity index (χ1v) is 11.5. The number of hydrogen-bond donors (Lipinski definition) is 1. The zero-order chi connectivity index (χ0) is 20.6. The first kappa shape index (κ1) is 19.8. The van der Waals surface area contributed by atoms with Crippen molar-refractivity contribution in [1.29, 1.82) is 0 Å². The summed E-state index contributed by atoms with van der Waals surface area (Å²) in [5.74, 6) is 0.653. The molecule has 2 aliphatic rings. The van der Waals surface area contributed by atoms with Gasteiger partial charge in [0.2, 0.25) is 15.9 Å². The molecule has 1 amide bonds. The highest BCUT2D eigenvalue weighted by molar-refractivity contribution is 7.88. The first-order chi connectivity index (χ1) is 13.8. The lowest BCUT2D eigenvalue weighted by molar-refractivity contribution is -0.129. The molecule has 4 rings (SSSR count). The van der Waals surface area contributed by atoms with Crippen molar-refractivity contribution in [2.75, 3.05) is 25.9 Å². The van der Waals surface area contributed by atoms with E-state index < -0.39 is 10.0 Å². The molecule has 29 heavy (non-hydrogen) atoms. The van der Waals surface area contributed by atoms with Crippen molar-refractivity contribution < 1.29 is 13.2 Å². The molecule has 9 heteroatoms. The number of aromatic nitrogens is 2. The lowest BCUT2D eigenvalue weighted by atomic mass is 10.1. The van der Waals surface area contributed by atoms with Gasteiger partial charge < -0.3 is 9.88 Å². The Labute approximate surface area is 169 Å². The van der Waals surface area contributed by atoms with Gasteiger partial charge in [-0.05, 0) is 12.0 Å². The standard InChI is InChI=1S/C20H24N4O4S/c1-29(27,28)24-10-8-17-16(13-24)20(26)22-19(21-17)15-7-9-23(12-15)18(25)11-14-5-3-2-4-6-14/h2-6,15H,7-13H2,1H3,(H,21,22,26). The maximum absolute atomic E-state index is 12.6. The van der Waals surface area contributed by atoms with E-state index in [1.54, 1.807) is 0 Å². The summed E-state index contributed by atoms with van der Waals surface area (Å²) in [4.78, 5) is 34.5. The molecular weight excluding hydrogens is 392 g/mol. The fourth-order valence-electron chi connectivity index (χ4n) is 3.99. The van der Waals surface area contributed by atoms with Crippen molar-refractivity contribution in [2.45, 2.75) is 31.7 Å². The minimum absolute atomic E-state index is 0.0133. The second kappa shape index (κ2) is 7.72. The second-order valence-corrected chi connectivity index (χ2v) is 9.69. The molecule has 1 saturated heterocycles. The van der Waals surface area contributed by atoms with E-state index in [-0.39, 0.29) is 23.9 Å². The molecule has 8 nitrogen and oxygen atoms in total. The number of amides is 1. The minimum atomic E-state index is -3.35. The van der Waals surface area contributed by atoms with Gasteiger partial charge in [0.1, 0.15) is 5.82 Å². The van der Waals surface area contributed by atoms with E-state index in [9.17, 15) is 18.0 Å². The number of carbonyl (C=O) groups is 1. The van der Waals surface area contributed by atoms with Crippen LogP contribution < -0.4 is 5.56 Å². The summed E-state index contributed by atoms with van der Waals surface area (Å²) in [5, 5.41) is 0. The van der Waals surface area contributed by atoms with E-state index in [1.165, 1.54) is 4.31 Å². The van der Waals surface area contributed by atoms with Gasteiger partial charge in [-0.3, -0.25) is 9.59 Å². The molecule has 0 bridgehead atoms. The number of nitrogens with zero attached hydrogens (tertiary/aromatic N) is 3. The number of benzene rings is 1. The Morgan fingerprint density at radius 2 is 2.00 bits per heavy atom. The Hall–Kier alpha value is -2.52. The highest BCUT2D eigenvalue weighted by atomic mass is 32.2. The zero-order valence-corrected chi connectivity index (χ0v) is 17.1. The Bertz CT molecular complexity index is 1080. The van der Waals surface area contributed by atoms with Crippen molar-refractivity contribution >= 4 is 15.9 Å². The van der Waals surface area contributed by atoms with Crippen LogP contribution in [0.15, 0.2) is 35.1 Å². The van der Waals surface area contributed by atoms with Crippen LogP contribution in [0.5, 0.6) is 0 Å². The quantitative estimate of drug-likeness (QED) is 0.788. The Balaban J connectivity index is 1.47. The van der Waals surface area contributed by atoms with E-state index in [1.807, 2.05) is 35.2 Å².